The number of ether oxygens (including phenoxy) is 1. The summed E-state index contributed by atoms with van der Waals surface area (Å²) in [6.45, 7) is 3.14. The van der Waals surface area contributed by atoms with Gasteiger partial charge in [0.05, 0.1) is 24.6 Å². The highest BCUT2D eigenvalue weighted by atomic mass is 32.2. The van der Waals surface area contributed by atoms with Gasteiger partial charge in [0, 0.05) is 0 Å². The summed E-state index contributed by atoms with van der Waals surface area (Å²) in [5, 5.41) is 8.40. The number of nitriles is 1. The number of aryl methyl sites for hydroxylation is 2. The van der Waals surface area contributed by atoms with E-state index in [0.29, 0.717) is 16.9 Å². The molecule has 6 heteroatoms. The van der Waals surface area contributed by atoms with E-state index in [9.17, 15) is 8.42 Å². The summed E-state index contributed by atoms with van der Waals surface area (Å²) in [5.74, 6) is 0.610. The number of benzene rings is 1. The first-order chi connectivity index (χ1) is 7.92. The van der Waals surface area contributed by atoms with Gasteiger partial charge in [-0.25, -0.2) is 8.42 Å². The van der Waals surface area contributed by atoms with Crippen LogP contribution in [-0.2, 0) is 10.0 Å². The van der Waals surface area contributed by atoms with E-state index in [1.54, 1.807) is 32.0 Å². The van der Waals surface area contributed by atoms with E-state index >= 15 is 0 Å². The molecule has 0 saturated heterocycles. The minimum Gasteiger partial charge on any atom is -0.497 e. The fraction of sp³-hybridized carbons (Fsp3) is 0.364. The van der Waals surface area contributed by atoms with Crippen LogP contribution in [0, 0.1) is 25.2 Å². The number of nitrogens with one attached hydrogen (secondary N) is 1. The molecule has 0 radical (unpaired) electrons. The standard InChI is InChI=1S/C11H14N2O3S/c1-8-6-10(16-3)7-9(2)11(8)17(14,15)13-5-4-12/h6-7,13H,5H2,1-3H3. The van der Waals surface area contributed by atoms with E-state index in [1.807, 2.05) is 0 Å². The van der Waals surface area contributed by atoms with Gasteiger partial charge in [0.2, 0.25) is 10.0 Å². The SMILES string of the molecule is COc1cc(C)c(S(=O)(=O)NCC#N)c(C)c1. The molecule has 1 N–H and O–H groups in total. The van der Waals surface area contributed by atoms with Crippen LogP contribution in [0.15, 0.2) is 17.0 Å². The molecule has 0 atom stereocenters. The number of rotatable bonds is 4. The Morgan fingerprint density at radius 1 is 1.35 bits per heavy atom. The molecule has 0 saturated carbocycles. The lowest BCUT2D eigenvalue weighted by Crippen LogP contribution is -2.25. The normalized spacial score (nSPS) is 10.9. The third-order valence-electron chi connectivity index (χ3n) is 2.28. The van der Waals surface area contributed by atoms with Crippen LogP contribution in [-0.4, -0.2) is 22.1 Å². The lowest BCUT2D eigenvalue weighted by Gasteiger charge is -2.12. The molecule has 1 aromatic carbocycles. The average Bonchev–Trinajstić information content (AvgIpc) is 2.25. The van der Waals surface area contributed by atoms with Crippen molar-refractivity contribution < 1.29 is 13.2 Å². The largest absolute Gasteiger partial charge is 0.497 e. The number of sulfonamides is 1. The molecule has 0 amide bonds. The topological polar surface area (TPSA) is 79.2 Å². The number of methoxy groups -OCH3 is 1. The maximum absolute atomic E-state index is 11.9. The summed E-state index contributed by atoms with van der Waals surface area (Å²) in [4.78, 5) is 0.202. The van der Waals surface area contributed by atoms with Gasteiger partial charge in [-0.3, -0.25) is 0 Å². The van der Waals surface area contributed by atoms with E-state index in [1.165, 1.54) is 7.11 Å². The predicted molar refractivity (Wildman–Crippen MR) is 63.3 cm³/mol. The van der Waals surface area contributed by atoms with Crippen molar-refractivity contribution in [3.8, 4) is 11.8 Å². The maximum atomic E-state index is 11.9. The maximum Gasteiger partial charge on any atom is 0.242 e. The Morgan fingerprint density at radius 3 is 2.29 bits per heavy atom. The van der Waals surface area contributed by atoms with Crippen LogP contribution in [0.3, 0.4) is 0 Å². The van der Waals surface area contributed by atoms with Crippen LogP contribution in [0.2, 0.25) is 0 Å². The minimum atomic E-state index is -3.64. The Hall–Kier alpha value is -1.58. The lowest BCUT2D eigenvalue weighted by atomic mass is 10.1. The summed E-state index contributed by atoms with van der Waals surface area (Å²) in [6.07, 6.45) is 0. The molecular weight excluding hydrogens is 240 g/mol. The van der Waals surface area contributed by atoms with Crippen molar-refractivity contribution in [3.63, 3.8) is 0 Å². The molecular formula is C11H14N2O3S. The molecule has 0 heterocycles. The molecule has 0 aliphatic rings. The summed E-state index contributed by atoms with van der Waals surface area (Å²) in [7, 11) is -2.11. The van der Waals surface area contributed by atoms with Crippen molar-refractivity contribution in [2.75, 3.05) is 13.7 Å². The third kappa shape index (κ3) is 2.96. The molecule has 1 aromatic rings. The average molecular weight is 254 g/mol. The first-order valence-electron chi connectivity index (χ1n) is 4.94. The summed E-state index contributed by atoms with van der Waals surface area (Å²) in [6, 6.07) is 5.03. The number of hydrogen-bond acceptors (Lipinski definition) is 4. The second-order valence-corrected chi connectivity index (χ2v) is 5.28. The predicted octanol–water partition coefficient (Wildman–Crippen LogP) is 1.11. The second kappa shape index (κ2) is 5.17. The zero-order valence-electron chi connectivity index (χ0n) is 9.94. The fourth-order valence-electron chi connectivity index (χ4n) is 1.65. The zero-order valence-corrected chi connectivity index (χ0v) is 10.8. The summed E-state index contributed by atoms with van der Waals surface area (Å²) in [5.41, 5.74) is 1.18. The molecule has 0 aliphatic heterocycles. The Bertz CT molecular complexity index is 536. The quantitative estimate of drug-likeness (QED) is 0.816. The Labute approximate surface area is 101 Å². The molecule has 5 nitrogen and oxygen atoms in total. The van der Waals surface area contributed by atoms with Gasteiger partial charge in [-0.1, -0.05) is 0 Å². The van der Waals surface area contributed by atoms with Gasteiger partial charge in [-0.2, -0.15) is 9.98 Å². The van der Waals surface area contributed by atoms with Crippen LogP contribution in [0.1, 0.15) is 11.1 Å². The van der Waals surface area contributed by atoms with Crippen LogP contribution in [0.5, 0.6) is 5.75 Å². The molecule has 0 aliphatic carbocycles. The second-order valence-electron chi connectivity index (χ2n) is 3.57. The molecule has 0 fully saturated rings. The zero-order chi connectivity index (χ0) is 13.1. The lowest BCUT2D eigenvalue weighted by molar-refractivity contribution is 0.413. The Kier molecular flexibility index (Phi) is 4.10. The Balaban J connectivity index is 3.28. The molecule has 0 aromatic heterocycles. The first kappa shape index (κ1) is 13.5. The molecule has 0 spiro atoms. The van der Waals surface area contributed by atoms with Gasteiger partial charge in [0.15, 0.2) is 0 Å². The number of nitrogens with zero attached hydrogens (tertiary/aromatic N) is 1. The highest BCUT2D eigenvalue weighted by molar-refractivity contribution is 7.89. The summed E-state index contributed by atoms with van der Waals surface area (Å²) >= 11 is 0. The third-order valence-corrected chi connectivity index (χ3v) is 3.99. The molecule has 92 valence electrons. The molecule has 0 bridgehead atoms. The summed E-state index contributed by atoms with van der Waals surface area (Å²) < 4.78 is 31.1. The first-order valence-corrected chi connectivity index (χ1v) is 6.42. The van der Waals surface area contributed by atoms with Crippen molar-refractivity contribution in [1.82, 2.24) is 4.72 Å². The molecule has 17 heavy (non-hydrogen) atoms. The highest BCUT2D eigenvalue weighted by Gasteiger charge is 2.19. The van der Waals surface area contributed by atoms with E-state index in [2.05, 4.69) is 4.72 Å². The van der Waals surface area contributed by atoms with Crippen molar-refractivity contribution in [2.45, 2.75) is 18.7 Å². The van der Waals surface area contributed by atoms with Gasteiger partial charge in [0.1, 0.15) is 5.75 Å². The van der Waals surface area contributed by atoms with E-state index in [-0.39, 0.29) is 11.4 Å². The highest BCUT2D eigenvalue weighted by Crippen LogP contribution is 2.25. The van der Waals surface area contributed by atoms with Gasteiger partial charge < -0.3 is 4.74 Å². The van der Waals surface area contributed by atoms with Gasteiger partial charge in [-0.05, 0) is 37.1 Å². The number of hydrogen-bond donors (Lipinski definition) is 1. The van der Waals surface area contributed by atoms with Crippen molar-refractivity contribution in [1.29, 1.82) is 5.26 Å². The fourth-order valence-corrected chi connectivity index (χ4v) is 3.02. The van der Waals surface area contributed by atoms with Crippen molar-refractivity contribution >= 4 is 10.0 Å². The van der Waals surface area contributed by atoms with Crippen LogP contribution in [0.25, 0.3) is 0 Å². The monoisotopic (exact) mass is 254 g/mol. The van der Waals surface area contributed by atoms with Crippen molar-refractivity contribution in [2.24, 2.45) is 0 Å². The van der Waals surface area contributed by atoms with Gasteiger partial charge >= 0.3 is 0 Å². The molecule has 0 unspecified atom stereocenters. The van der Waals surface area contributed by atoms with E-state index in [4.69, 9.17) is 10.00 Å². The molecule has 1 rings (SSSR count). The smallest absolute Gasteiger partial charge is 0.242 e. The van der Waals surface area contributed by atoms with Crippen LogP contribution < -0.4 is 9.46 Å². The Morgan fingerprint density at radius 2 is 1.88 bits per heavy atom. The van der Waals surface area contributed by atoms with Gasteiger partial charge in [-0.15, -0.1) is 0 Å². The minimum absolute atomic E-state index is 0.202. The van der Waals surface area contributed by atoms with E-state index in [0.717, 1.165) is 0 Å². The van der Waals surface area contributed by atoms with Crippen molar-refractivity contribution in [3.05, 3.63) is 23.3 Å². The van der Waals surface area contributed by atoms with E-state index < -0.39 is 10.0 Å². The van der Waals surface area contributed by atoms with Crippen LogP contribution >= 0.6 is 0 Å². The van der Waals surface area contributed by atoms with Crippen LogP contribution in [0.4, 0.5) is 0 Å². The van der Waals surface area contributed by atoms with Gasteiger partial charge in [0.25, 0.3) is 0 Å².